The van der Waals surface area contributed by atoms with Crippen LogP contribution in [0.15, 0.2) is 18.2 Å². The van der Waals surface area contributed by atoms with E-state index in [-0.39, 0.29) is 12.1 Å². The zero-order valence-corrected chi connectivity index (χ0v) is 10.4. The number of carbonyl (C=O) groups excluding carboxylic acids is 1. The standard InChI is InChI=1S/C13H15FN2O2/c1-3-6-16(9-13(17)18-2)12-5-4-11(14)7-10(12)8-15/h4-5,7H,3,6,9H2,1-2H3. The topological polar surface area (TPSA) is 53.3 Å². The lowest BCUT2D eigenvalue weighted by atomic mass is 10.1. The molecule has 1 aromatic rings. The highest BCUT2D eigenvalue weighted by molar-refractivity contribution is 5.76. The van der Waals surface area contributed by atoms with Gasteiger partial charge in [0.05, 0.1) is 18.4 Å². The molecule has 0 atom stereocenters. The summed E-state index contributed by atoms with van der Waals surface area (Å²) in [6, 6.07) is 5.88. The molecular formula is C13H15FN2O2. The molecule has 5 heteroatoms. The Kier molecular flexibility index (Phi) is 5.12. The summed E-state index contributed by atoms with van der Waals surface area (Å²) in [5.41, 5.74) is 0.763. The minimum absolute atomic E-state index is 0.0463. The number of methoxy groups -OCH3 is 1. The van der Waals surface area contributed by atoms with Crippen LogP contribution in [0.5, 0.6) is 0 Å². The van der Waals surface area contributed by atoms with Crippen molar-refractivity contribution in [3.05, 3.63) is 29.6 Å². The first-order chi connectivity index (χ1) is 8.62. The molecule has 0 spiro atoms. The van der Waals surface area contributed by atoms with Crippen molar-refractivity contribution in [1.29, 1.82) is 5.26 Å². The van der Waals surface area contributed by atoms with Crippen LogP contribution in [-0.2, 0) is 9.53 Å². The van der Waals surface area contributed by atoms with E-state index in [0.29, 0.717) is 12.2 Å². The molecule has 0 bridgehead atoms. The van der Waals surface area contributed by atoms with E-state index in [2.05, 4.69) is 4.74 Å². The van der Waals surface area contributed by atoms with E-state index in [1.807, 2.05) is 13.0 Å². The molecule has 0 N–H and O–H groups in total. The number of ether oxygens (including phenoxy) is 1. The van der Waals surface area contributed by atoms with Crippen molar-refractivity contribution in [1.82, 2.24) is 0 Å². The second-order valence-electron chi connectivity index (χ2n) is 3.77. The number of rotatable bonds is 5. The van der Waals surface area contributed by atoms with Gasteiger partial charge in [0, 0.05) is 6.54 Å². The van der Waals surface area contributed by atoms with E-state index in [1.54, 1.807) is 4.90 Å². The summed E-state index contributed by atoms with van der Waals surface area (Å²) in [6.07, 6.45) is 0.805. The van der Waals surface area contributed by atoms with E-state index in [4.69, 9.17) is 5.26 Å². The molecule has 0 radical (unpaired) electrons. The number of hydrogen-bond acceptors (Lipinski definition) is 4. The second-order valence-corrected chi connectivity index (χ2v) is 3.77. The molecule has 0 saturated heterocycles. The van der Waals surface area contributed by atoms with Crippen LogP contribution in [0.25, 0.3) is 0 Å². The van der Waals surface area contributed by atoms with E-state index >= 15 is 0 Å². The number of benzene rings is 1. The van der Waals surface area contributed by atoms with Crippen molar-refractivity contribution >= 4 is 11.7 Å². The second kappa shape index (κ2) is 6.60. The van der Waals surface area contributed by atoms with Gasteiger partial charge in [-0.3, -0.25) is 4.79 Å². The maximum atomic E-state index is 13.1. The predicted octanol–water partition coefficient (Wildman–Crippen LogP) is 2.09. The molecule has 0 saturated carbocycles. The molecule has 0 aromatic heterocycles. The Bertz CT molecular complexity index is 469. The van der Waals surface area contributed by atoms with Crippen molar-refractivity contribution in [2.75, 3.05) is 25.1 Å². The fourth-order valence-electron chi connectivity index (χ4n) is 1.65. The Morgan fingerprint density at radius 3 is 2.83 bits per heavy atom. The van der Waals surface area contributed by atoms with Crippen molar-refractivity contribution in [3.63, 3.8) is 0 Å². The Hall–Kier alpha value is -2.09. The normalized spacial score (nSPS) is 9.67. The molecular weight excluding hydrogens is 235 g/mol. The van der Waals surface area contributed by atoms with Crippen LogP contribution in [0.2, 0.25) is 0 Å². The summed E-state index contributed by atoms with van der Waals surface area (Å²) in [7, 11) is 1.31. The number of anilines is 1. The predicted molar refractivity (Wildman–Crippen MR) is 65.6 cm³/mol. The highest BCUT2D eigenvalue weighted by Crippen LogP contribution is 2.21. The van der Waals surface area contributed by atoms with Gasteiger partial charge in [0.2, 0.25) is 0 Å². The Morgan fingerprint density at radius 2 is 2.28 bits per heavy atom. The van der Waals surface area contributed by atoms with Gasteiger partial charge in [-0.05, 0) is 24.6 Å². The largest absolute Gasteiger partial charge is 0.468 e. The third kappa shape index (κ3) is 3.45. The summed E-state index contributed by atoms with van der Waals surface area (Å²) in [4.78, 5) is 13.0. The zero-order chi connectivity index (χ0) is 13.5. The minimum Gasteiger partial charge on any atom is -0.468 e. The minimum atomic E-state index is -0.468. The molecule has 1 aromatic carbocycles. The summed E-state index contributed by atoms with van der Waals surface area (Å²) in [5, 5.41) is 8.99. The highest BCUT2D eigenvalue weighted by Gasteiger charge is 2.15. The van der Waals surface area contributed by atoms with Gasteiger partial charge in [0.15, 0.2) is 0 Å². The summed E-state index contributed by atoms with van der Waals surface area (Å²) < 4.78 is 17.7. The van der Waals surface area contributed by atoms with Gasteiger partial charge in [-0.1, -0.05) is 6.92 Å². The van der Waals surface area contributed by atoms with Gasteiger partial charge in [-0.15, -0.1) is 0 Å². The van der Waals surface area contributed by atoms with E-state index in [0.717, 1.165) is 12.5 Å². The van der Waals surface area contributed by atoms with E-state index in [1.165, 1.54) is 19.2 Å². The molecule has 0 unspecified atom stereocenters. The number of carbonyl (C=O) groups is 1. The Balaban J connectivity index is 3.05. The van der Waals surface area contributed by atoms with Gasteiger partial charge >= 0.3 is 5.97 Å². The zero-order valence-electron chi connectivity index (χ0n) is 10.4. The van der Waals surface area contributed by atoms with Gasteiger partial charge in [-0.2, -0.15) is 5.26 Å². The van der Waals surface area contributed by atoms with Crippen LogP contribution in [0, 0.1) is 17.1 Å². The van der Waals surface area contributed by atoms with Crippen molar-refractivity contribution in [2.24, 2.45) is 0 Å². The molecule has 96 valence electrons. The van der Waals surface area contributed by atoms with Crippen molar-refractivity contribution in [3.8, 4) is 6.07 Å². The van der Waals surface area contributed by atoms with Crippen LogP contribution < -0.4 is 4.90 Å². The monoisotopic (exact) mass is 250 g/mol. The number of nitrogens with zero attached hydrogens (tertiary/aromatic N) is 2. The molecule has 1 rings (SSSR count). The van der Waals surface area contributed by atoms with Gasteiger partial charge < -0.3 is 9.64 Å². The number of hydrogen-bond donors (Lipinski definition) is 0. The molecule has 0 amide bonds. The number of halogens is 1. The SMILES string of the molecule is CCCN(CC(=O)OC)c1ccc(F)cc1C#N. The number of esters is 1. The lowest BCUT2D eigenvalue weighted by Crippen LogP contribution is -2.31. The highest BCUT2D eigenvalue weighted by atomic mass is 19.1. The average Bonchev–Trinajstić information content (AvgIpc) is 2.37. The molecule has 18 heavy (non-hydrogen) atoms. The van der Waals surface area contributed by atoms with Crippen LogP contribution >= 0.6 is 0 Å². The quantitative estimate of drug-likeness (QED) is 0.751. The fraction of sp³-hybridized carbons (Fsp3) is 0.385. The van der Waals surface area contributed by atoms with Gasteiger partial charge in [-0.25, -0.2) is 4.39 Å². The first-order valence-electron chi connectivity index (χ1n) is 5.63. The lowest BCUT2D eigenvalue weighted by molar-refractivity contribution is -0.138. The first-order valence-corrected chi connectivity index (χ1v) is 5.63. The molecule has 0 aliphatic rings. The first kappa shape index (κ1) is 14.0. The van der Waals surface area contributed by atoms with E-state index < -0.39 is 11.8 Å². The molecule has 0 aliphatic carbocycles. The summed E-state index contributed by atoms with van der Waals surface area (Å²) in [5.74, 6) is -0.860. The summed E-state index contributed by atoms with van der Waals surface area (Å²) >= 11 is 0. The van der Waals surface area contributed by atoms with Crippen molar-refractivity contribution in [2.45, 2.75) is 13.3 Å². The molecule has 0 aliphatic heterocycles. The molecule has 0 fully saturated rings. The Labute approximate surface area is 106 Å². The maximum absolute atomic E-state index is 13.1. The Morgan fingerprint density at radius 1 is 1.56 bits per heavy atom. The van der Waals surface area contributed by atoms with Crippen LogP contribution in [0.3, 0.4) is 0 Å². The fourth-order valence-corrected chi connectivity index (χ4v) is 1.65. The third-order valence-corrected chi connectivity index (χ3v) is 2.46. The smallest absolute Gasteiger partial charge is 0.325 e. The number of nitriles is 1. The van der Waals surface area contributed by atoms with Gasteiger partial charge in [0.25, 0.3) is 0 Å². The van der Waals surface area contributed by atoms with E-state index in [9.17, 15) is 9.18 Å². The summed E-state index contributed by atoms with van der Waals surface area (Å²) in [6.45, 7) is 2.60. The van der Waals surface area contributed by atoms with Gasteiger partial charge in [0.1, 0.15) is 18.4 Å². The maximum Gasteiger partial charge on any atom is 0.325 e. The lowest BCUT2D eigenvalue weighted by Gasteiger charge is -2.23. The van der Waals surface area contributed by atoms with Crippen LogP contribution in [0.1, 0.15) is 18.9 Å². The van der Waals surface area contributed by atoms with Crippen LogP contribution in [0.4, 0.5) is 10.1 Å². The van der Waals surface area contributed by atoms with Crippen molar-refractivity contribution < 1.29 is 13.9 Å². The average molecular weight is 250 g/mol. The third-order valence-electron chi connectivity index (χ3n) is 2.46. The van der Waals surface area contributed by atoms with Crippen LogP contribution in [-0.4, -0.2) is 26.2 Å². The molecule has 4 nitrogen and oxygen atoms in total. The molecule has 0 heterocycles.